The van der Waals surface area contributed by atoms with E-state index in [9.17, 15) is 0 Å². The summed E-state index contributed by atoms with van der Waals surface area (Å²) in [4.78, 5) is 3.60. The molecule has 1 heterocycles. The van der Waals surface area contributed by atoms with E-state index in [1.807, 2.05) is 0 Å². The second kappa shape index (κ2) is 2.79. The number of rotatable bonds is 1. The van der Waals surface area contributed by atoms with Gasteiger partial charge in [0.1, 0.15) is 12.4 Å². The zero-order valence-corrected chi connectivity index (χ0v) is 6.10. The molecule has 62 valence electrons. The minimum atomic E-state index is -0.146. The number of aromatic nitrogens is 3. The quantitative estimate of drug-likeness (QED) is 0.430. The van der Waals surface area contributed by atoms with Crippen molar-refractivity contribution in [3.05, 3.63) is 12.0 Å². The average molecular weight is 165 g/mol. The third kappa shape index (κ3) is 1.13. The normalized spacial score (nSPS) is 11.9. The molecule has 0 amide bonds. The summed E-state index contributed by atoms with van der Waals surface area (Å²) in [6, 6.07) is 1.67. The highest BCUT2D eigenvalue weighted by atomic mass is 15.4. The van der Waals surface area contributed by atoms with E-state index in [2.05, 4.69) is 10.1 Å². The standard InChI is InChI=1S/C5H7N7/c6-1-3(7)4(8)12-5(9)10-2-11-12/h2H,7-8H2,(H2,9,10,11)/b4-3-. The lowest BCUT2D eigenvalue weighted by Crippen LogP contribution is -2.16. The van der Waals surface area contributed by atoms with Crippen LogP contribution in [0.25, 0.3) is 5.82 Å². The van der Waals surface area contributed by atoms with Crippen molar-refractivity contribution in [3.63, 3.8) is 0 Å². The van der Waals surface area contributed by atoms with Gasteiger partial charge < -0.3 is 17.2 Å². The fraction of sp³-hybridized carbons (Fsp3) is 0. The zero-order valence-electron chi connectivity index (χ0n) is 6.10. The monoisotopic (exact) mass is 165 g/mol. The van der Waals surface area contributed by atoms with Crippen LogP contribution in [-0.4, -0.2) is 14.8 Å². The van der Waals surface area contributed by atoms with Crippen molar-refractivity contribution in [2.45, 2.75) is 0 Å². The van der Waals surface area contributed by atoms with Gasteiger partial charge in [-0.25, -0.2) is 0 Å². The SMILES string of the molecule is N#C/C(N)=C(\N)n1ncnc1N. The van der Waals surface area contributed by atoms with Crippen LogP contribution in [0.15, 0.2) is 12.0 Å². The highest BCUT2D eigenvalue weighted by Gasteiger charge is 2.05. The Morgan fingerprint density at radius 3 is 2.67 bits per heavy atom. The molecule has 0 atom stereocenters. The number of nitrogen functional groups attached to an aromatic ring is 1. The van der Waals surface area contributed by atoms with Crippen molar-refractivity contribution in [2.24, 2.45) is 11.5 Å². The van der Waals surface area contributed by atoms with Crippen LogP contribution in [0.2, 0.25) is 0 Å². The summed E-state index contributed by atoms with van der Waals surface area (Å²) in [5, 5.41) is 12.0. The number of nitrogens with two attached hydrogens (primary N) is 3. The molecule has 0 aliphatic rings. The van der Waals surface area contributed by atoms with E-state index >= 15 is 0 Å². The maximum absolute atomic E-state index is 8.38. The summed E-state index contributed by atoms with van der Waals surface area (Å²) < 4.78 is 1.08. The van der Waals surface area contributed by atoms with E-state index in [0.717, 1.165) is 4.68 Å². The molecule has 0 radical (unpaired) electrons. The fourth-order valence-corrected chi connectivity index (χ4v) is 0.607. The van der Waals surface area contributed by atoms with Gasteiger partial charge in [-0.1, -0.05) is 0 Å². The molecule has 1 rings (SSSR count). The molecule has 0 fully saturated rings. The van der Waals surface area contributed by atoms with E-state index in [0.29, 0.717) is 0 Å². The Morgan fingerprint density at radius 1 is 1.58 bits per heavy atom. The molecule has 0 aliphatic heterocycles. The largest absolute Gasteiger partial charge is 0.387 e. The van der Waals surface area contributed by atoms with Gasteiger partial charge in [0.05, 0.1) is 0 Å². The molecule has 0 saturated heterocycles. The molecule has 7 nitrogen and oxygen atoms in total. The number of hydrogen-bond donors (Lipinski definition) is 3. The molecule has 0 aliphatic carbocycles. The van der Waals surface area contributed by atoms with Crippen LogP contribution < -0.4 is 17.2 Å². The molecule has 12 heavy (non-hydrogen) atoms. The summed E-state index contributed by atoms with van der Waals surface area (Å²) >= 11 is 0. The van der Waals surface area contributed by atoms with Crippen molar-refractivity contribution in [3.8, 4) is 6.07 Å². The smallest absolute Gasteiger partial charge is 0.224 e. The molecule has 1 aromatic rings. The Hall–Kier alpha value is -2.23. The third-order valence-electron chi connectivity index (χ3n) is 1.20. The molecule has 0 saturated carbocycles. The van der Waals surface area contributed by atoms with E-state index < -0.39 is 0 Å². The summed E-state index contributed by atoms with van der Waals surface area (Å²) in [6.07, 6.45) is 1.22. The second-order valence-electron chi connectivity index (χ2n) is 1.94. The van der Waals surface area contributed by atoms with Gasteiger partial charge in [-0.05, 0) is 0 Å². The lowest BCUT2D eigenvalue weighted by Gasteiger charge is -2.01. The summed E-state index contributed by atoms with van der Waals surface area (Å²) in [7, 11) is 0. The first-order valence-electron chi connectivity index (χ1n) is 2.98. The predicted octanol–water partition coefficient (Wildman–Crippen LogP) is -1.57. The molecule has 0 aromatic carbocycles. The van der Waals surface area contributed by atoms with E-state index in [1.54, 1.807) is 6.07 Å². The van der Waals surface area contributed by atoms with Crippen molar-refractivity contribution < 1.29 is 0 Å². The van der Waals surface area contributed by atoms with E-state index in [4.69, 9.17) is 22.5 Å². The second-order valence-corrected chi connectivity index (χ2v) is 1.94. The van der Waals surface area contributed by atoms with E-state index in [-0.39, 0.29) is 17.5 Å². The average Bonchev–Trinajstić information content (AvgIpc) is 2.48. The van der Waals surface area contributed by atoms with Crippen molar-refractivity contribution in [1.29, 1.82) is 5.26 Å². The Balaban J connectivity index is 3.18. The minimum absolute atomic E-state index is 0.0208. The lowest BCUT2D eigenvalue weighted by atomic mass is 10.5. The number of allylic oxidation sites excluding steroid dienone is 1. The number of anilines is 1. The minimum Gasteiger partial charge on any atom is -0.387 e. The molecular formula is C5H7N7. The molecular weight excluding hydrogens is 158 g/mol. The van der Waals surface area contributed by atoms with Gasteiger partial charge in [-0.15, -0.1) is 0 Å². The van der Waals surface area contributed by atoms with Crippen molar-refractivity contribution in [1.82, 2.24) is 14.8 Å². The first-order chi connectivity index (χ1) is 5.66. The van der Waals surface area contributed by atoms with Gasteiger partial charge in [0, 0.05) is 0 Å². The maximum atomic E-state index is 8.38. The van der Waals surface area contributed by atoms with Crippen molar-refractivity contribution in [2.75, 3.05) is 5.73 Å². The summed E-state index contributed by atoms with van der Waals surface area (Å²) in [5.74, 6) is 0.0678. The first kappa shape index (κ1) is 7.87. The third-order valence-corrected chi connectivity index (χ3v) is 1.20. The lowest BCUT2D eigenvalue weighted by molar-refractivity contribution is 0.888. The van der Waals surface area contributed by atoms with Gasteiger partial charge in [0.15, 0.2) is 11.5 Å². The van der Waals surface area contributed by atoms with Crippen LogP contribution in [-0.2, 0) is 0 Å². The van der Waals surface area contributed by atoms with Gasteiger partial charge in [-0.3, -0.25) is 0 Å². The van der Waals surface area contributed by atoms with Crippen LogP contribution in [0.4, 0.5) is 5.95 Å². The fourth-order valence-electron chi connectivity index (χ4n) is 0.607. The van der Waals surface area contributed by atoms with Crippen molar-refractivity contribution >= 4 is 11.8 Å². The van der Waals surface area contributed by atoms with E-state index in [1.165, 1.54) is 6.33 Å². The molecule has 0 bridgehead atoms. The predicted molar refractivity (Wildman–Crippen MR) is 41.6 cm³/mol. The number of nitriles is 1. The Morgan fingerprint density at radius 2 is 2.25 bits per heavy atom. The number of nitrogens with zero attached hydrogens (tertiary/aromatic N) is 4. The Kier molecular flexibility index (Phi) is 1.83. The first-order valence-corrected chi connectivity index (χ1v) is 2.98. The molecule has 0 unspecified atom stereocenters. The van der Waals surface area contributed by atoms with Gasteiger partial charge in [0.2, 0.25) is 5.95 Å². The number of hydrogen-bond acceptors (Lipinski definition) is 6. The van der Waals surface area contributed by atoms with Crippen LogP contribution in [0.5, 0.6) is 0 Å². The molecule has 1 aromatic heterocycles. The highest BCUT2D eigenvalue weighted by molar-refractivity contribution is 5.53. The van der Waals surface area contributed by atoms with Gasteiger partial charge in [0.25, 0.3) is 0 Å². The van der Waals surface area contributed by atoms with Crippen LogP contribution >= 0.6 is 0 Å². The zero-order chi connectivity index (χ0) is 9.14. The topological polar surface area (TPSA) is 133 Å². The molecule has 7 heteroatoms. The van der Waals surface area contributed by atoms with Crippen LogP contribution in [0.1, 0.15) is 0 Å². The Labute approximate surface area is 68.1 Å². The maximum Gasteiger partial charge on any atom is 0.224 e. The highest BCUT2D eigenvalue weighted by Crippen LogP contribution is 2.02. The summed E-state index contributed by atoms with van der Waals surface area (Å²) in [6.45, 7) is 0. The van der Waals surface area contributed by atoms with Crippen LogP contribution in [0.3, 0.4) is 0 Å². The molecule has 0 spiro atoms. The van der Waals surface area contributed by atoms with Gasteiger partial charge in [-0.2, -0.15) is 20.0 Å². The van der Waals surface area contributed by atoms with Crippen LogP contribution in [0, 0.1) is 11.3 Å². The van der Waals surface area contributed by atoms with Gasteiger partial charge >= 0.3 is 0 Å². The molecule has 6 N–H and O–H groups in total. The summed E-state index contributed by atoms with van der Waals surface area (Å²) in [5.41, 5.74) is 15.8. The Bertz CT molecular complexity index is 354.